The molecule has 0 unspecified atom stereocenters. The first kappa shape index (κ1) is 62.7. The SMILES string of the molecule is [C-]#[N+]c1ccc(-c2ccc3c(c2)c2cc(-c4ccc(C#N)cc4[N+]#[C-])ccc2n3-c2ccc(-c3nc(-c4ccccc4)nc(-c4ccccc4)n3)c(-c3cc(-c4cccc(C#N)c4)ccc3-n3c4ccc(-c5ccc(C#N)cc5C#N)cc4c4cc(-c5ccc(C#N)cc5[N+]#[C-])ccc43)c2)c([N+]#[C-])c1. The van der Waals surface area contributed by atoms with Crippen LogP contribution in [0.5, 0.6) is 0 Å². The third kappa shape index (κ3) is 10.9. The fourth-order valence-electron chi connectivity index (χ4n) is 13.9. The van der Waals surface area contributed by atoms with Crippen molar-refractivity contribution in [2.45, 2.75) is 0 Å². The molecule has 14 nitrogen and oxygen atoms in total. The highest BCUT2D eigenvalue weighted by Crippen LogP contribution is 2.48. The number of nitrogens with zero attached hydrogens (tertiary/aromatic N) is 14. The molecule has 13 aromatic carbocycles. The summed E-state index contributed by atoms with van der Waals surface area (Å²) in [7, 11) is 0. The zero-order chi connectivity index (χ0) is 71.1. The first-order chi connectivity index (χ1) is 51.1. The van der Waals surface area contributed by atoms with Gasteiger partial charge in [-0.15, -0.1) is 0 Å². The normalized spacial score (nSPS) is 10.8. The second-order valence-electron chi connectivity index (χ2n) is 24.6. The Hall–Kier alpha value is -16.1. The molecular weight excluding hydrogens is 1280 g/mol. The number of aromatic nitrogens is 5. The summed E-state index contributed by atoms with van der Waals surface area (Å²) in [4.78, 5) is 31.2. The van der Waals surface area contributed by atoms with E-state index in [0.717, 1.165) is 99.5 Å². The van der Waals surface area contributed by atoms with Crippen molar-refractivity contribution < 1.29 is 0 Å². The Morgan fingerprint density at radius 1 is 0.269 bits per heavy atom. The van der Waals surface area contributed by atoms with Crippen molar-refractivity contribution in [1.82, 2.24) is 24.1 Å². The van der Waals surface area contributed by atoms with E-state index >= 15 is 0 Å². The van der Waals surface area contributed by atoms with Gasteiger partial charge in [0.1, 0.15) is 0 Å². The molecule has 474 valence electrons. The highest BCUT2D eigenvalue weighted by molar-refractivity contribution is 6.14. The lowest BCUT2D eigenvalue weighted by Gasteiger charge is -2.20. The van der Waals surface area contributed by atoms with Crippen LogP contribution in [0, 0.1) is 82.9 Å². The van der Waals surface area contributed by atoms with Gasteiger partial charge in [-0.3, -0.25) is 0 Å². The average Bonchev–Trinajstić information content (AvgIpc) is 1.53. The van der Waals surface area contributed by atoms with Crippen LogP contribution in [0.2, 0.25) is 0 Å². The van der Waals surface area contributed by atoms with Crippen LogP contribution < -0.4 is 0 Å². The number of nitriles is 5. The molecule has 0 fully saturated rings. The summed E-state index contributed by atoms with van der Waals surface area (Å²) in [5, 5.41) is 54.0. The van der Waals surface area contributed by atoms with Gasteiger partial charge in [0.25, 0.3) is 0 Å². The van der Waals surface area contributed by atoms with Gasteiger partial charge in [0.15, 0.2) is 40.2 Å². The third-order valence-electron chi connectivity index (χ3n) is 18.8. The van der Waals surface area contributed by atoms with Crippen molar-refractivity contribution in [3.05, 3.63) is 340 Å². The van der Waals surface area contributed by atoms with Crippen molar-refractivity contribution in [2.24, 2.45) is 0 Å². The molecule has 0 aliphatic rings. The van der Waals surface area contributed by atoms with Crippen molar-refractivity contribution in [2.75, 3.05) is 0 Å². The minimum Gasteiger partial charge on any atom is -0.309 e. The zero-order valence-corrected chi connectivity index (χ0v) is 54.7. The second-order valence-corrected chi connectivity index (χ2v) is 24.6. The van der Waals surface area contributed by atoms with Crippen LogP contribution in [0.3, 0.4) is 0 Å². The van der Waals surface area contributed by atoms with E-state index in [9.17, 15) is 26.3 Å². The molecule has 104 heavy (non-hydrogen) atoms. The van der Waals surface area contributed by atoms with Crippen molar-refractivity contribution in [1.29, 1.82) is 26.3 Å². The highest BCUT2D eigenvalue weighted by Gasteiger charge is 2.26. The molecule has 0 aliphatic carbocycles. The van der Waals surface area contributed by atoms with Crippen LogP contribution in [-0.2, 0) is 0 Å². The average molecular weight is 1320 g/mol. The number of benzene rings is 13. The van der Waals surface area contributed by atoms with Gasteiger partial charge in [0.05, 0.1) is 101 Å². The van der Waals surface area contributed by atoms with Gasteiger partial charge in [0.2, 0.25) is 0 Å². The summed E-state index contributed by atoms with van der Waals surface area (Å²) >= 11 is 0. The van der Waals surface area contributed by atoms with Crippen molar-refractivity contribution >= 4 is 66.4 Å². The number of fused-ring (bicyclic) bond motifs is 6. The van der Waals surface area contributed by atoms with E-state index in [2.05, 4.69) is 101 Å². The Balaban J connectivity index is 1.03. The van der Waals surface area contributed by atoms with Crippen LogP contribution in [0.25, 0.3) is 175 Å². The minimum atomic E-state index is 0.310. The summed E-state index contributed by atoms with van der Waals surface area (Å²) in [6.07, 6.45) is 0. The molecule has 0 saturated carbocycles. The van der Waals surface area contributed by atoms with E-state index in [1.54, 1.807) is 72.8 Å². The van der Waals surface area contributed by atoms with Crippen LogP contribution >= 0.6 is 0 Å². The summed E-state index contributed by atoms with van der Waals surface area (Å²) in [6, 6.07) is 95.4. The molecule has 14 heteroatoms. The molecule has 0 amide bonds. The zero-order valence-electron chi connectivity index (χ0n) is 54.7. The fraction of sp³-hybridized carbons (Fsp3) is 0. The first-order valence-corrected chi connectivity index (χ1v) is 32.6. The Labute approximate surface area is 596 Å². The first-order valence-electron chi connectivity index (χ1n) is 32.6. The minimum absolute atomic E-state index is 0.310. The maximum Gasteiger partial charge on any atom is 0.196 e. The molecule has 0 atom stereocenters. The lowest BCUT2D eigenvalue weighted by Crippen LogP contribution is -2.04. The fourth-order valence-corrected chi connectivity index (χ4v) is 13.9. The van der Waals surface area contributed by atoms with E-state index in [-0.39, 0.29) is 0 Å². The molecule has 3 aromatic heterocycles. The molecule has 16 rings (SSSR count). The monoisotopic (exact) mass is 1320 g/mol. The van der Waals surface area contributed by atoms with Gasteiger partial charge in [-0.1, -0.05) is 140 Å². The van der Waals surface area contributed by atoms with Crippen LogP contribution in [0.4, 0.5) is 22.7 Å². The lowest BCUT2D eigenvalue weighted by atomic mass is 9.92. The summed E-state index contributed by atoms with van der Waals surface area (Å²) in [6.45, 7) is 32.5. The molecule has 0 bridgehead atoms. The predicted molar refractivity (Wildman–Crippen MR) is 406 cm³/mol. The number of rotatable bonds is 11. The molecule has 0 aliphatic heterocycles. The van der Waals surface area contributed by atoms with Crippen LogP contribution in [0.15, 0.2) is 267 Å². The van der Waals surface area contributed by atoms with E-state index < -0.39 is 0 Å². The highest BCUT2D eigenvalue weighted by atomic mass is 15.0. The molecule has 0 spiro atoms. The Morgan fingerprint density at radius 3 is 1.19 bits per heavy atom. The van der Waals surface area contributed by atoms with E-state index in [0.29, 0.717) is 107 Å². The molecular formula is C90H44N14. The molecule has 3 heterocycles. The molecule has 0 radical (unpaired) electrons. The van der Waals surface area contributed by atoms with Gasteiger partial charge in [0, 0.05) is 60.6 Å². The standard InChI is InChI=1S/C90H44N14/c1-96-67-26-31-72(82(47-67)99-4)65-24-35-84-77(45-65)76-44-63(70-29-19-56(51-93)40-80(70)97-2)23-34-83(76)103(84)68-27-32-73(90-101-88(58-13-7-5-8-14-58)100-89(102-90)59-15-9-6-10-16-59)74(48-68)75-42-61(60-17-11-12-54(38-60)49-91)21-33-85(75)104-86-36-22-62(69-28-18-55(50-92)39-66(69)53-95)43-78(86)79-46-64(25-37-87(79)104)71-30-20-57(52-94)41-81(71)98-3/h5-48H. The Morgan fingerprint density at radius 2 is 0.692 bits per heavy atom. The maximum absolute atomic E-state index is 10.6. The van der Waals surface area contributed by atoms with Crippen LogP contribution in [0.1, 0.15) is 27.8 Å². The van der Waals surface area contributed by atoms with E-state index in [4.69, 9.17) is 41.2 Å². The molecule has 0 N–H and O–H groups in total. The van der Waals surface area contributed by atoms with Gasteiger partial charge in [-0.05, 0) is 189 Å². The Bertz CT molecular complexity index is 6470. The number of hydrogen-bond donors (Lipinski definition) is 0. The second kappa shape index (κ2) is 26.0. The summed E-state index contributed by atoms with van der Waals surface area (Å²) < 4.78 is 4.40. The molecule has 0 saturated heterocycles. The smallest absolute Gasteiger partial charge is 0.196 e. The maximum atomic E-state index is 10.6. The van der Waals surface area contributed by atoms with Crippen molar-refractivity contribution in [3.8, 4) is 143 Å². The quantitative estimate of drug-likeness (QED) is 0.115. The van der Waals surface area contributed by atoms with Crippen LogP contribution in [-0.4, -0.2) is 24.1 Å². The lowest BCUT2D eigenvalue weighted by molar-refractivity contribution is 1.07. The Kier molecular flexibility index (Phi) is 15.7. The van der Waals surface area contributed by atoms with E-state index in [1.165, 1.54) is 0 Å². The van der Waals surface area contributed by atoms with Crippen molar-refractivity contribution in [3.63, 3.8) is 0 Å². The van der Waals surface area contributed by atoms with Gasteiger partial charge in [-0.25, -0.2) is 34.3 Å². The topological polar surface area (TPSA) is 185 Å². The van der Waals surface area contributed by atoms with E-state index in [1.807, 2.05) is 152 Å². The van der Waals surface area contributed by atoms with Gasteiger partial charge in [-0.2, -0.15) is 26.3 Å². The summed E-state index contributed by atoms with van der Waals surface area (Å²) in [5.74, 6) is 1.24. The third-order valence-corrected chi connectivity index (χ3v) is 18.8. The summed E-state index contributed by atoms with van der Waals surface area (Å²) in [5.41, 5.74) is 18.4. The molecule has 16 aromatic rings. The predicted octanol–water partition coefficient (Wildman–Crippen LogP) is 22.6. The van der Waals surface area contributed by atoms with Gasteiger partial charge >= 0.3 is 0 Å². The van der Waals surface area contributed by atoms with Gasteiger partial charge < -0.3 is 9.13 Å². The number of hydrogen-bond acceptors (Lipinski definition) is 8. The largest absolute Gasteiger partial charge is 0.309 e.